The van der Waals surface area contributed by atoms with Crippen LogP contribution in [0.1, 0.15) is 18.1 Å². The molecule has 0 aliphatic carbocycles. The molecule has 25 heavy (non-hydrogen) atoms. The fourth-order valence-corrected chi connectivity index (χ4v) is 3.62. The highest BCUT2D eigenvalue weighted by atomic mass is 16.2. The Hall–Kier alpha value is -2.63. The average Bonchev–Trinajstić information content (AvgIpc) is 2.68. The molecule has 0 spiro atoms. The molecule has 2 aliphatic heterocycles. The summed E-state index contributed by atoms with van der Waals surface area (Å²) in [6.45, 7) is 6.65. The topological polar surface area (TPSA) is 52.6 Å². The van der Waals surface area contributed by atoms with Crippen molar-refractivity contribution in [2.75, 3.05) is 42.5 Å². The minimum Gasteiger partial charge on any atom is -0.353 e. The Morgan fingerprint density at radius 2 is 1.60 bits per heavy atom. The van der Waals surface area contributed by atoms with E-state index in [9.17, 15) is 4.79 Å². The third-order valence-electron chi connectivity index (χ3n) is 5.14. The van der Waals surface area contributed by atoms with Crippen LogP contribution < -0.4 is 9.80 Å². The Bertz CT molecular complexity index is 770. The maximum Gasteiger partial charge on any atom is 0.219 e. The molecule has 0 N–H and O–H groups in total. The van der Waals surface area contributed by atoms with E-state index in [2.05, 4.69) is 50.1 Å². The molecule has 0 radical (unpaired) electrons. The highest BCUT2D eigenvalue weighted by Gasteiger charge is 2.22. The molecule has 1 amide bonds. The van der Waals surface area contributed by atoms with E-state index < -0.39 is 0 Å². The van der Waals surface area contributed by atoms with Gasteiger partial charge in [-0.3, -0.25) is 4.79 Å². The zero-order valence-electron chi connectivity index (χ0n) is 14.6. The molecule has 2 aliphatic rings. The number of benzene rings is 1. The fourth-order valence-electron chi connectivity index (χ4n) is 3.62. The van der Waals surface area contributed by atoms with E-state index in [-0.39, 0.29) is 5.91 Å². The monoisotopic (exact) mass is 337 g/mol. The van der Waals surface area contributed by atoms with Gasteiger partial charge >= 0.3 is 0 Å². The maximum atomic E-state index is 11.5. The molecular formula is C19H23N5O. The Labute approximate surface area is 148 Å². The van der Waals surface area contributed by atoms with Crippen LogP contribution in [-0.2, 0) is 17.8 Å². The van der Waals surface area contributed by atoms with Crippen LogP contribution in [0.4, 0.5) is 11.6 Å². The summed E-state index contributed by atoms with van der Waals surface area (Å²) in [5.41, 5.74) is 2.82. The predicted molar refractivity (Wildman–Crippen MR) is 97.7 cm³/mol. The van der Waals surface area contributed by atoms with E-state index in [1.807, 2.05) is 4.90 Å². The molecule has 0 bridgehead atoms. The zero-order chi connectivity index (χ0) is 17.2. The van der Waals surface area contributed by atoms with Gasteiger partial charge in [0.05, 0.1) is 0 Å². The number of anilines is 2. The van der Waals surface area contributed by atoms with Crippen molar-refractivity contribution in [1.29, 1.82) is 0 Å². The summed E-state index contributed by atoms with van der Waals surface area (Å²) < 4.78 is 0. The van der Waals surface area contributed by atoms with Crippen molar-refractivity contribution in [3.63, 3.8) is 0 Å². The van der Waals surface area contributed by atoms with Gasteiger partial charge in [0.2, 0.25) is 5.91 Å². The van der Waals surface area contributed by atoms with E-state index in [4.69, 9.17) is 0 Å². The molecule has 6 nitrogen and oxygen atoms in total. The Morgan fingerprint density at radius 3 is 2.32 bits per heavy atom. The van der Waals surface area contributed by atoms with Gasteiger partial charge < -0.3 is 14.7 Å². The van der Waals surface area contributed by atoms with Gasteiger partial charge in [-0.1, -0.05) is 24.3 Å². The van der Waals surface area contributed by atoms with Crippen molar-refractivity contribution in [1.82, 2.24) is 14.9 Å². The lowest BCUT2D eigenvalue weighted by atomic mass is 10.00. The Morgan fingerprint density at radius 1 is 0.920 bits per heavy atom. The van der Waals surface area contributed by atoms with Crippen LogP contribution in [0.15, 0.2) is 36.7 Å². The molecule has 4 rings (SSSR count). The van der Waals surface area contributed by atoms with Gasteiger partial charge in [-0.05, 0) is 17.5 Å². The Kier molecular flexibility index (Phi) is 4.26. The SMILES string of the molecule is CC(=O)N1CCN(c2cc(N3CCc4ccccc4C3)ncn2)CC1. The summed E-state index contributed by atoms with van der Waals surface area (Å²) in [6.07, 6.45) is 2.70. The van der Waals surface area contributed by atoms with E-state index in [1.54, 1.807) is 13.3 Å². The molecule has 0 atom stereocenters. The van der Waals surface area contributed by atoms with Crippen molar-refractivity contribution in [2.24, 2.45) is 0 Å². The van der Waals surface area contributed by atoms with Crippen LogP contribution in [0.2, 0.25) is 0 Å². The lowest BCUT2D eigenvalue weighted by Gasteiger charge is -2.35. The molecule has 0 saturated carbocycles. The smallest absolute Gasteiger partial charge is 0.219 e. The van der Waals surface area contributed by atoms with Crippen LogP contribution >= 0.6 is 0 Å². The molecule has 3 heterocycles. The zero-order valence-corrected chi connectivity index (χ0v) is 14.6. The summed E-state index contributed by atoms with van der Waals surface area (Å²) in [5, 5.41) is 0. The van der Waals surface area contributed by atoms with E-state index >= 15 is 0 Å². The number of carbonyl (C=O) groups is 1. The van der Waals surface area contributed by atoms with Gasteiger partial charge in [0.1, 0.15) is 18.0 Å². The standard InChI is InChI=1S/C19H23N5O/c1-15(25)22-8-10-23(11-9-22)18-12-19(21-14-20-18)24-7-6-16-4-2-3-5-17(16)13-24/h2-5,12,14H,6-11,13H2,1H3. The quantitative estimate of drug-likeness (QED) is 0.835. The normalized spacial score (nSPS) is 17.4. The molecule has 0 unspecified atom stereocenters. The molecule has 1 aromatic heterocycles. The predicted octanol–water partition coefficient (Wildman–Crippen LogP) is 1.71. The second-order valence-corrected chi connectivity index (χ2v) is 6.67. The molecule has 1 aromatic carbocycles. The molecule has 130 valence electrons. The van der Waals surface area contributed by atoms with E-state index in [0.717, 1.165) is 57.3 Å². The van der Waals surface area contributed by atoms with Crippen LogP contribution in [0.5, 0.6) is 0 Å². The molecule has 6 heteroatoms. The third kappa shape index (κ3) is 3.29. The average molecular weight is 337 g/mol. The van der Waals surface area contributed by atoms with Crippen LogP contribution in [0, 0.1) is 0 Å². The number of hydrogen-bond acceptors (Lipinski definition) is 5. The number of amides is 1. The highest BCUT2D eigenvalue weighted by Crippen LogP contribution is 2.25. The van der Waals surface area contributed by atoms with Gasteiger partial charge in [-0.25, -0.2) is 9.97 Å². The lowest BCUT2D eigenvalue weighted by Crippen LogP contribution is -2.48. The van der Waals surface area contributed by atoms with Gasteiger partial charge in [0.15, 0.2) is 0 Å². The second kappa shape index (κ2) is 6.70. The maximum absolute atomic E-state index is 11.5. The van der Waals surface area contributed by atoms with Gasteiger partial charge in [0, 0.05) is 52.3 Å². The largest absolute Gasteiger partial charge is 0.353 e. The van der Waals surface area contributed by atoms with E-state index in [0.29, 0.717) is 0 Å². The highest BCUT2D eigenvalue weighted by molar-refractivity contribution is 5.73. The van der Waals surface area contributed by atoms with Crippen molar-refractivity contribution in [3.05, 3.63) is 47.8 Å². The number of carbonyl (C=O) groups excluding carboxylic acids is 1. The number of rotatable bonds is 2. The minimum absolute atomic E-state index is 0.148. The summed E-state index contributed by atoms with van der Waals surface area (Å²) in [6, 6.07) is 10.7. The first-order valence-corrected chi connectivity index (χ1v) is 8.85. The van der Waals surface area contributed by atoms with Crippen molar-refractivity contribution in [2.45, 2.75) is 19.9 Å². The summed E-state index contributed by atoms with van der Waals surface area (Å²) in [4.78, 5) is 26.9. The molecular weight excluding hydrogens is 314 g/mol. The first kappa shape index (κ1) is 15.9. The molecule has 2 aromatic rings. The summed E-state index contributed by atoms with van der Waals surface area (Å²) in [7, 11) is 0. The van der Waals surface area contributed by atoms with Gasteiger partial charge in [-0.2, -0.15) is 0 Å². The van der Waals surface area contributed by atoms with Gasteiger partial charge in [-0.15, -0.1) is 0 Å². The summed E-state index contributed by atoms with van der Waals surface area (Å²) >= 11 is 0. The number of aromatic nitrogens is 2. The fraction of sp³-hybridized carbons (Fsp3) is 0.421. The van der Waals surface area contributed by atoms with Crippen LogP contribution in [0.25, 0.3) is 0 Å². The van der Waals surface area contributed by atoms with Gasteiger partial charge in [0.25, 0.3) is 0 Å². The number of fused-ring (bicyclic) bond motifs is 1. The molecule has 1 fully saturated rings. The summed E-state index contributed by atoms with van der Waals surface area (Å²) in [5.74, 6) is 2.08. The second-order valence-electron chi connectivity index (χ2n) is 6.67. The number of piperazine rings is 1. The van der Waals surface area contributed by atoms with E-state index in [1.165, 1.54) is 11.1 Å². The number of hydrogen-bond donors (Lipinski definition) is 0. The first-order chi connectivity index (χ1) is 12.2. The minimum atomic E-state index is 0.148. The number of nitrogens with zero attached hydrogens (tertiary/aromatic N) is 5. The first-order valence-electron chi connectivity index (χ1n) is 8.85. The lowest BCUT2D eigenvalue weighted by molar-refractivity contribution is -0.129. The van der Waals surface area contributed by atoms with Crippen LogP contribution in [-0.4, -0.2) is 53.5 Å². The van der Waals surface area contributed by atoms with Crippen molar-refractivity contribution < 1.29 is 4.79 Å². The third-order valence-corrected chi connectivity index (χ3v) is 5.14. The van der Waals surface area contributed by atoms with Crippen molar-refractivity contribution >= 4 is 17.5 Å². The van der Waals surface area contributed by atoms with Crippen LogP contribution in [0.3, 0.4) is 0 Å². The Balaban J connectivity index is 1.48. The molecule has 1 saturated heterocycles. The van der Waals surface area contributed by atoms with Crippen molar-refractivity contribution in [3.8, 4) is 0 Å².